The number of carbonyl (C=O) groups is 1. The number of nitrogens with one attached hydrogen (secondary N) is 2. The van der Waals surface area contributed by atoms with Crippen molar-refractivity contribution in [1.82, 2.24) is 25.1 Å². The number of hydrogen-bond donors (Lipinski definition) is 2. The van der Waals surface area contributed by atoms with Crippen LogP contribution in [-0.4, -0.2) is 45.0 Å². The fourth-order valence-corrected chi connectivity index (χ4v) is 3.73. The minimum Gasteiger partial charge on any atom is -0.353 e. The van der Waals surface area contributed by atoms with Crippen LogP contribution in [0.15, 0.2) is 60.7 Å². The third kappa shape index (κ3) is 3.94. The van der Waals surface area contributed by atoms with Gasteiger partial charge in [0.1, 0.15) is 17.5 Å². The van der Waals surface area contributed by atoms with Crippen LogP contribution in [0.2, 0.25) is 0 Å². The summed E-state index contributed by atoms with van der Waals surface area (Å²) in [5, 5.41) is 18.4. The van der Waals surface area contributed by atoms with Gasteiger partial charge in [-0.05, 0) is 55.0 Å². The summed E-state index contributed by atoms with van der Waals surface area (Å²) in [5.41, 5.74) is 1.35. The number of urea groups is 1. The zero-order valence-electron chi connectivity index (χ0n) is 16.9. The van der Waals surface area contributed by atoms with Crippen LogP contribution in [0.25, 0.3) is 17.0 Å². The molecule has 1 unspecified atom stereocenters. The van der Waals surface area contributed by atoms with Crippen LogP contribution in [0.4, 0.5) is 25.1 Å². The molecule has 3 heterocycles. The second-order valence-corrected chi connectivity index (χ2v) is 7.50. The highest BCUT2D eigenvalue weighted by atomic mass is 19.1. The van der Waals surface area contributed by atoms with Crippen molar-refractivity contribution in [1.29, 1.82) is 0 Å². The highest BCUT2D eigenvalue weighted by Gasteiger charge is 2.26. The van der Waals surface area contributed by atoms with Crippen LogP contribution in [0.3, 0.4) is 0 Å². The zero-order valence-corrected chi connectivity index (χ0v) is 16.9. The maximum atomic E-state index is 14.2. The summed E-state index contributed by atoms with van der Waals surface area (Å²) < 4.78 is 28.8. The minimum atomic E-state index is -0.397. The molecule has 4 aromatic rings. The predicted molar refractivity (Wildman–Crippen MR) is 115 cm³/mol. The fraction of sp³-hybridized carbons (Fsp3) is 0.182. The smallest absolute Gasteiger partial charge is 0.319 e. The monoisotopic (exact) mass is 435 g/mol. The molecule has 1 saturated heterocycles. The quantitative estimate of drug-likeness (QED) is 0.513. The Balaban J connectivity index is 1.29. The van der Waals surface area contributed by atoms with E-state index in [1.165, 1.54) is 34.8 Å². The predicted octanol–water partition coefficient (Wildman–Crippen LogP) is 3.47. The lowest BCUT2D eigenvalue weighted by Crippen LogP contribution is -2.39. The number of benzene rings is 2. The van der Waals surface area contributed by atoms with Crippen LogP contribution in [0, 0.1) is 11.6 Å². The van der Waals surface area contributed by atoms with Crippen molar-refractivity contribution in [2.24, 2.45) is 0 Å². The Morgan fingerprint density at radius 2 is 1.81 bits per heavy atom. The van der Waals surface area contributed by atoms with E-state index in [4.69, 9.17) is 0 Å². The third-order valence-electron chi connectivity index (χ3n) is 5.31. The molecule has 5 rings (SSSR count). The molecule has 2 amide bonds. The van der Waals surface area contributed by atoms with Crippen LogP contribution in [0.1, 0.15) is 6.42 Å². The van der Waals surface area contributed by atoms with E-state index in [9.17, 15) is 13.6 Å². The van der Waals surface area contributed by atoms with E-state index in [0.717, 1.165) is 6.42 Å². The molecule has 32 heavy (non-hydrogen) atoms. The molecule has 2 N–H and O–H groups in total. The van der Waals surface area contributed by atoms with Gasteiger partial charge >= 0.3 is 6.03 Å². The number of fused-ring (bicyclic) bond motifs is 1. The summed E-state index contributed by atoms with van der Waals surface area (Å²) in [6.45, 7) is 1.25. The van der Waals surface area contributed by atoms with Gasteiger partial charge in [0.05, 0.1) is 5.56 Å². The molecular formula is C22H19F2N7O. The van der Waals surface area contributed by atoms with Gasteiger partial charge in [0.25, 0.3) is 0 Å². The van der Waals surface area contributed by atoms with E-state index < -0.39 is 5.82 Å². The summed E-state index contributed by atoms with van der Waals surface area (Å²) in [7, 11) is 0. The number of halogens is 2. The van der Waals surface area contributed by atoms with E-state index >= 15 is 0 Å². The molecule has 0 spiro atoms. The molecule has 8 nitrogen and oxygen atoms in total. The first-order valence-corrected chi connectivity index (χ1v) is 10.1. The van der Waals surface area contributed by atoms with Crippen LogP contribution in [-0.2, 0) is 0 Å². The molecule has 1 atom stereocenters. The first-order chi connectivity index (χ1) is 15.6. The van der Waals surface area contributed by atoms with Crippen LogP contribution < -0.4 is 15.5 Å². The minimum absolute atomic E-state index is 0.0834. The molecule has 162 valence electrons. The standard InChI is InChI=1S/C22H19F2N7O/c23-14-5-7-15(8-6-14)25-22(32)26-16-11-12-30(13-16)20-10-9-19-27-28-21(31(19)29-20)17-3-1-2-4-18(17)24/h1-10,16H,11-13H2,(H2,25,26,32). The van der Waals surface area contributed by atoms with Crippen molar-refractivity contribution < 1.29 is 13.6 Å². The summed E-state index contributed by atoms with van der Waals surface area (Å²) in [5.74, 6) is 0.246. The number of nitrogens with zero attached hydrogens (tertiary/aromatic N) is 5. The van der Waals surface area contributed by atoms with Crippen molar-refractivity contribution in [3.63, 3.8) is 0 Å². The van der Waals surface area contributed by atoms with E-state index in [-0.39, 0.29) is 17.9 Å². The topological polar surface area (TPSA) is 87.5 Å². The average Bonchev–Trinajstić information content (AvgIpc) is 3.42. The lowest BCUT2D eigenvalue weighted by molar-refractivity contribution is 0.249. The maximum Gasteiger partial charge on any atom is 0.319 e. The van der Waals surface area contributed by atoms with Gasteiger partial charge < -0.3 is 15.5 Å². The lowest BCUT2D eigenvalue weighted by Gasteiger charge is -2.18. The maximum absolute atomic E-state index is 14.2. The molecule has 1 aliphatic rings. The first-order valence-electron chi connectivity index (χ1n) is 10.1. The summed E-state index contributed by atoms with van der Waals surface area (Å²) in [4.78, 5) is 14.3. The van der Waals surface area contributed by atoms with Crippen molar-refractivity contribution in [2.75, 3.05) is 23.3 Å². The Labute approximate surface area is 181 Å². The van der Waals surface area contributed by atoms with Crippen molar-refractivity contribution in [3.05, 3.63) is 72.3 Å². The second kappa shape index (κ2) is 8.22. The van der Waals surface area contributed by atoms with Crippen LogP contribution >= 0.6 is 0 Å². The highest BCUT2D eigenvalue weighted by molar-refractivity contribution is 5.89. The van der Waals surface area contributed by atoms with Crippen LogP contribution in [0.5, 0.6) is 0 Å². The highest BCUT2D eigenvalue weighted by Crippen LogP contribution is 2.23. The first kappa shape index (κ1) is 19.9. The van der Waals surface area contributed by atoms with Gasteiger partial charge in [-0.1, -0.05) is 12.1 Å². The summed E-state index contributed by atoms with van der Waals surface area (Å²) >= 11 is 0. The number of anilines is 2. The van der Waals surface area contributed by atoms with Gasteiger partial charge in [-0.3, -0.25) is 0 Å². The molecule has 0 radical (unpaired) electrons. The Hall–Kier alpha value is -4.08. The molecule has 10 heteroatoms. The van der Waals surface area contributed by atoms with Crippen molar-refractivity contribution >= 4 is 23.2 Å². The zero-order chi connectivity index (χ0) is 22.1. The normalized spacial score (nSPS) is 15.8. The number of rotatable bonds is 4. The molecule has 0 aliphatic carbocycles. The SMILES string of the molecule is O=C(Nc1ccc(F)cc1)NC1CCN(c2ccc3nnc(-c4ccccc4F)n3n2)C1. The Morgan fingerprint density at radius 1 is 1.00 bits per heavy atom. The Kier molecular flexibility index (Phi) is 5.10. The summed E-state index contributed by atoms with van der Waals surface area (Å²) in [6, 6.07) is 15.1. The van der Waals surface area contributed by atoms with E-state index in [1.54, 1.807) is 24.3 Å². The van der Waals surface area contributed by atoms with Gasteiger partial charge in [0.2, 0.25) is 0 Å². The van der Waals surface area contributed by atoms with E-state index in [0.29, 0.717) is 41.6 Å². The molecule has 2 aromatic carbocycles. The van der Waals surface area contributed by atoms with Gasteiger partial charge in [-0.25, -0.2) is 13.6 Å². The van der Waals surface area contributed by atoms with Gasteiger partial charge in [0.15, 0.2) is 11.5 Å². The van der Waals surface area contributed by atoms with Gasteiger partial charge in [-0.2, -0.15) is 4.52 Å². The average molecular weight is 435 g/mol. The molecule has 0 saturated carbocycles. The van der Waals surface area contributed by atoms with Crippen molar-refractivity contribution in [3.8, 4) is 11.4 Å². The second-order valence-electron chi connectivity index (χ2n) is 7.50. The molecular weight excluding hydrogens is 416 g/mol. The van der Waals surface area contributed by atoms with E-state index in [2.05, 4.69) is 25.9 Å². The van der Waals surface area contributed by atoms with Gasteiger partial charge in [0, 0.05) is 24.8 Å². The fourth-order valence-electron chi connectivity index (χ4n) is 3.73. The largest absolute Gasteiger partial charge is 0.353 e. The Morgan fingerprint density at radius 3 is 2.62 bits per heavy atom. The lowest BCUT2D eigenvalue weighted by atomic mass is 10.2. The molecule has 1 fully saturated rings. The van der Waals surface area contributed by atoms with Crippen molar-refractivity contribution in [2.45, 2.75) is 12.5 Å². The van der Waals surface area contributed by atoms with Gasteiger partial charge in [-0.15, -0.1) is 15.3 Å². The number of hydrogen-bond acceptors (Lipinski definition) is 5. The molecule has 1 aliphatic heterocycles. The molecule has 2 aromatic heterocycles. The number of amides is 2. The third-order valence-corrected chi connectivity index (χ3v) is 5.31. The number of carbonyl (C=O) groups excluding carboxylic acids is 1. The number of aromatic nitrogens is 4. The van der Waals surface area contributed by atoms with E-state index in [1.807, 2.05) is 11.0 Å². The molecule has 0 bridgehead atoms. The summed E-state index contributed by atoms with van der Waals surface area (Å²) in [6.07, 6.45) is 0.735. The Bertz CT molecular complexity index is 1280.